The van der Waals surface area contributed by atoms with E-state index in [2.05, 4.69) is 15.4 Å². The highest BCUT2D eigenvalue weighted by Crippen LogP contribution is 2.28. The van der Waals surface area contributed by atoms with Crippen LogP contribution in [0.5, 0.6) is 0 Å². The predicted octanol–water partition coefficient (Wildman–Crippen LogP) is 2.50. The second kappa shape index (κ2) is 7.59. The molecule has 1 aliphatic carbocycles. The second-order valence-electron chi connectivity index (χ2n) is 5.78. The van der Waals surface area contributed by atoms with Gasteiger partial charge < -0.3 is 5.73 Å². The molecule has 0 unspecified atom stereocenters. The average Bonchev–Trinajstić information content (AvgIpc) is 3.05. The lowest BCUT2D eigenvalue weighted by molar-refractivity contribution is 0.100. The van der Waals surface area contributed by atoms with Crippen molar-refractivity contribution in [2.45, 2.75) is 43.9 Å². The van der Waals surface area contributed by atoms with Gasteiger partial charge in [-0.2, -0.15) is 16.6 Å². The Balaban J connectivity index is 1.54. The fourth-order valence-corrected chi connectivity index (χ4v) is 4.04. The van der Waals surface area contributed by atoms with Crippen LogP contribution in [0.25, 0.3) is 11.4 Å². The average molecular weight is 331 g/mol. The van der Waals surface area contributed by atoms with Gasteiger partial charge in [0.25, 0.3) is 0 Å². The summed E-state index contributed by atoms with van der Waals surface area (Å²) in [4.78, 5) is 12.7. The van der Waals surface area contributed by atoms with Crippen molar-refractivity contribution in [3.8, 4) is 11.4 Å². The number of thioether (sulfide) groups is 1. The van der Waals surface area contributed by atoms with Gasteiger partial charge in [-0.25, -0.2) is 0 Å². The van der Waals surface area contributed by atoms with Crippen LogP contribution in [-0.4, -0.2) is 37.1 Å². The van der Waals surface area contributed by atoms with Crippen LogP contribution in [0.2, 0.25) is 0 Å². The molecule has 0 aliphatic heterocycles. The molecule has 0 radical (unpaired) electrons. The number of aryl methyl sites for hydroxylation is 1. The lowest BCUT2D eigenvalue weighted by Crippen LogP contribution is -2.12. The fraction of sp³-hybridized carbons (Fsp3) is 0.500. The lowest BCUT2D eigenvalue weighted by Gasteiger charge is -2.20. The van der Waals surface area contributed by atoms with Gasteiger partial charge >= 0.3 is 0 Å². The maximum Gasteiger partial charge on any atom is 0.248 e. The Bertz CT molecular complexity index is 649. The van der Waals surface area contributed by atoms with E-state index in [1.54, 1.807) is 29.1 Å². The minimum Gasteiger partial charge on any atom is -0.366 e. The zero-order valence-corrected chi connectivity index (χ0v) is 13.8. The van der Waals surface area contributed by atoms with Gasteiger partial charge in [0.2, 0.25) is 11.7 Å². The SMILES string of the molecule is NC(=O)c1ccc(-c2nnn(CCSC3CCCCC3)n2)cc1. The molecule has 0 spiro atoms. The normalized spacial score (nSPS) is 15.7. The highest BCUT2D eigenvalue weighted by molar-refractivity contribution is 7.99. The molecule has 23 heavy (non-hydrogen) atoms. The summed E-state index contributed by atoms with van der Waals surface area (Å²) in [6.45, 7) is 0.771. The number of tetrazole rings is 1. The number of carbonyl (C=O) groups excluding carboxylic acids is 1. The topological polar surface area (TPSA) is 86.7 Å². The number of benzene rings is 1. The third-order valence-corrected chi connectivity index (χ3v) is 5.44. The molecule has 1 fully saturated rings. The lowest BCUT2D eigenvalue weighted by atomic mass is 10.0. The summed E-state index contributed by atoms with van der Waals surface area (Å²) >= 11 is 2.02. The number of aromatic nitrogens is 4. The highest BCUT2D eigenvalue weighted by atomic mass is 32.2. The molecule has 1 aromatic carbocycles. The number of nitrogens with two attached hydrogens (primary N) is 1. The Morgan fingerprint density at radius 2 is 1.96 bits per heavy atom. The van der Waals surface area contributed by atoms with Gasteiger partial charge in [-0.1, -0.05) is 31.4 Å². The number of primary amides is 1. The zero-order valence-electron chi connectivity index (χ0n) is 13.0. The van der Waals surface area contributed by atoms with Crippen molar-refractivity contribution in [1.29, 1.82) is 0 Å². The van der Waals surface area contributed by atoms with Gasteiger partial charge in [-0.05, 0) is 30.2 Å². The van der Waals surface area contributed by atoms with Crippen LogP contribution in [0.3, 0.4) is 0 Å². The molecule has 1 heterocycles. The molecular weight excluding hydrogens is 310 g/mol. The van der Waals surface area contributed by atoms with E-state index in [-0.39, 0.29) is 0 Å². The van der Waals surface area contributed by atoms with Crippen molar-refractivity contribution in [2.24, 2.45) is 5.73 Å². The van der Waals surface area contributed by atoms with Gasteiger partial charge in [0.15, 0.2) is 0 Å². The molecule has 6 nitrogen and oxygen atoms in total. The standard InChI is InChI=1S/C16H21N5OS/c17-15(22)12-6-8-13(9-7-12)16-18-20-21(19-16)10-11-23-14-4-2-1-3-5-14/h6-9,14H,1-5,10-11H2,(H2,17,22). The number of rotatable bonds is 6. The molecule has 2 aromatic rings. The van der Waals surface area contributed by atoms with E-state index in [9.17, 15) is 4.79 Å². The third-order valence-electron chi connectivity index (χ3n) is 4.08. The highest BCUT2D eigenvalue weighted by Gasteiger charge is 2.14. The summed E-state index contributed by atoms with van der Waals surface area (Å²) in [6.07, 6.45) is 6.80. The molecule has 3 rings (SSSR count). The Labute approximate surface area is 139 Å². The molecule has 1 saturated carbocycles. The largest absolute Gasteiger partial charge is 0.366 e. The van der Waals surface area contributed by atoms with Crippen LogP contribution in [0.4, 0.5) is 0 Å². The zero-order chi connectivity index (χ0) is 16.1. The summed E-state index contributed by atoms with van der Waals surface area (Å²) in [5, 5.41) is 13.4. The van der Waals surface area contributed by atoms with Gasteiger partial charge in [0.05, 0.1) is 6.54 Å². The number of hydrogen-bond donors (Lipinski definition) is 1. The molecule has 7 heteroatoms. The third kappa shape index (κ3) is 4.31. The van der Waals surface area contributed by atoms with Crippen molar-refractivity contribution < 1.29 is 4.79 Å². The van der Waals surface area contributed by atoms with Crippen LogP contribution < -0.4 is 5.73 Å². The first-order valence-corrected chi connectivity index (χ1v) is 9.07. The van der Waals surface area contributed by atoms with Crippen LogP contribution in [-0.2, 0) is 6.54 Å². The Morgan fingerprint density at radius 3 is 2.65 bits per heavy atom. The van der Waals surface area contributed by atoms with Gasteiger partial charge in [-0.15, -0.1) is 10.2 Å². The van der Waals surface area contributed by atoms with E-state index in [4.69, 9.17) is 5.73 Å². The summed E-state index contributed by atoms with van der Waals surface area (Å²) < 4.78 is 0. The van der Waals surface area contributed by atoms with Crippen molar-refractivity contribution in [3.63, 3.8) is 0 Å². The van der Waals surface area contributed by atoms with Crippen molar-refractivity contribution in [3.05, 3.63) is 29.8 Å². The van der Waals surface area contributed by atoms with Crippen LogP contribution in [0.1, 0.15) is 42.5 Å². The van der Waals surface area contributed by atoms with Crippen molar-refractivity contribution in [2.75, 3.05) is 5.75 Å². The summed E-state index contributed by atoms with van der Waals surface area (Å²) in [6, 6.07) is 6.94. The van der Waals surface area contributed by atoms with E-state index in [1.807, 2.05) is 11.8 Å². The minimum absolute atomic E-state index is 0.437. The predicted molar refractivity (Wildman–Crippen MR) is 91.1 cm³/mol. The first-order chi connectivity index (χ1) is 11.2. The molecule has 1 amide bonds. The maximum atomic E-state index is 11.1. The Hall–Kier alpha value is -1.89. The molecule has 0 saturated heterocycles. The minimum atomic E-state index is -0.437. The van der Waals surface area contributed by atoms with Crippen molar-refractivity contribution in [1.82, 2.24) is 20.2 Å². The first-order valence-electron chi connectivity index (χ1n) is 8.02. The molecular formula is C16H21N5OS. The summed E-state index contributed by atoms with van der Waals surface area (Å²) in [5.41, 5.74) is 6.55. The van der Waals surface area contributed by atoms with Crippen LogP contribution in [0, 0.1) is 0 Å². The molecule has 122 valence electrons. The Morgan fingerprint density at radius 1 is 1.22 bits per heavy atom. The quantitative estimate of drug-likeness (QED) is 0.879. The van der Waals surface area contributed by atoms with E-state index in [0.717, 1.165) is 23.1 Å². The van der Waals surface area contributed by atoms with E-state index in [0.29, 0.717) is 11.4 Å². The number of hydrogen-bond acceptors (Lipinski definition) is 5. The number of amides is 1. The second-order valence-corrected chi connectivity index (χ2v) is 7.19. The van der Waals surface area contributed by atoms with Crippen molar-refractivity contribution >= 4 is 17.7 Å². The molecule has 0 atom stereocenters. The maximum absolute atomic E-state index is 11.1. The van der Waals surface area contributed by atoms with E-state index in [1.165, 1.54) is 32.1 Å². The monoisotopic (exact) mass is 331 g/mol. The van der Waals surface area contributed by atoms with E-state index < -0.39 is 5.91 Å². The first kappa shape index (κ1) is 16.0. The van der Waals surface area contributed by atoms with E-state index >= 15 is 0 Å². The van der Waals surface area contributed by atoms with Gasteiger partial charge in [0, 0.05) is 22.1 Å². The summed E-state index contributed by atoms with van der Waals surface area (Å²) in [5.74, 6) is 1.15. The van der Waals surface area contributed by atoms with Crippen LogP contribution >= 0.6 is 11.8 Å². The number of carbonyl (C=O) groups is 1. The molecule has 2 N–H and O–H groups in total. The molecule has 0 bridgehead atoms. The van der Waals surface area contributed by atoms with Crippen LogP contribution in [0.15, 0.2) is 24.3 Å². The van der Waals surface area contributed by atoms with Gasteiger partial charge in [0.1, 0.15) is 0 Å². The molecule has 1 aromatic heterocycles. The smallest absolute Gasteiger partial charge is 0.248 e. The Kier molecular flexibility index (Phi) is 5.27. The summed E-state index contributed by atoms with van der Waals surface area (Å²) in [7, 11) is 0. The van der Waals surface area contributed by atoms with Gasteiger partial charge in [-0.3, -0.25) is 4.79 Å². The molecule has 1 aliphatic rings. The number of nitrogens with zero attached hydrogens (tertiary/aromatic N) is 4. The fourth-order valence-electron chi connectivity index (χ4n) is 2.77.